The number of hydrogen-bond acceptors (Lipinski definition) is 4. The van der Waals surface area contributed by atoms with Crippen molar-refractivity contribution in [2.75, 3.05) is 26.2 Å². The standard InChI is InChI=1S/C14H21N3O2/c1-11-4-5-14(18)17(15-11)9-12-7-16(8-12)10-13-3-2-6-19-13/h4-5,12-13H,2-3,6-10H2,1H3. The summed E-state index contributed by atoms with van der Waals surface area (Å²) >= 11 is 0. The van der Waals surface area contributed by atoms with Gasteiger partial charge in [-0.25, -0.2) is 4.68 Å². The Balaban J connectivity index is 1.48. The van der Waals surface area contributed by atoms with Gasteiger partial charge in [-0.15, -0.1) is 0 Å². The minimum absolute atomic E-state index is 0.00294. The molecule has 104 valence electrons. The zero-order valence-electron chi connectivity index (χ0n) is 11.4. The van der Waals surface area contributed by atoms with Crippen molar-refractivity contribution in [3.8, 4) is 0 Å². The van der Waals surface area contributed by atoms with Crippen LogP contribution in [-0.2, 0) is 11.3 Å². The van der Waals surface area contributed by atoms with Crippen LogP contribution in [-0.4, -0.2) is 47.0 Å². The van der Waals surface area contributed by atoms with Gasteiger partial charge < -0.3 is 4.74 Å². The van der Waals surface area contributed by atoms with Gasteiger partial charge in [0, 0.05) is 38.2 Å². The Kier molecular flexibility index (Phi) is 3.66. The minimum atomic E-state index is 0.00294. The highest BCUT2D eigenvalue weighted by Crippen LogP contribution is 2.20. The van der Waals surface area contributed by atoms with Crippen molar-refractivity contribution < 1.29 is 4.74 Å². The van der Waals surface area contributed by atoms with Gasteiger partial charge >= 0.3 is 0 Å². The minimum Gasteiger partial charge on any atom is -0.377 e. The number of hydrogen-bond donors (Lipinski definition) is 0. The van der Waals surface area contributed by atoms with Gasteiger partial charge in [0.05, 0.1) is 18.3 Å². The topological polar surface area (TPSA) is 47.4 Å². The normalized spacial score (nSPS) is 24.6. The molecule has 2 aliphatic heterocycles. The zero-order chi connectivity index (χ0) is 13.2. The summed E-state index contributed by atoms with van der Waals surface area (Å²) in [5, 5.41) is 4.28. The Labute approximate surface area is 113 Å². The smallest absolute Gasteiger partial charge is 0.266 e. The van der Waals surface area contributed by atoms with E-state index in [-0.39, 0.29) is 5.56 Å². The fourth-order valence-corrected chi connectivity index (χ4v) is 2.94. The molecule has 0 aromatic carbocycles. The van der Waals surface area contributed by atoms with Gasteiger partial charge in [-0.3, -0.25) is 9.69 Å². The highest BCUT2D eigenvalue weighted by atomic mass is 16.5. The average Bonchev–Trinajstić information content (AvgIpc) is 2.83. The first-order valence-electron chi connectivity index (χ1n) is 7.09. The summed E-state index contributed by atoms with van der Waals surface area (Å²) in [4.78, 5) is 14.1. The largest absolute Gasteiger partial charge is 0.377 e. The van der Waals surface area contributed by atoms with Crippen molar-refractivity contribution in [1.29, 1.82) is 0 Å². The first-order valence-corrected chi connectivity index (χ1v) is 7.09. The highest BCUT2D eigenvalue weighted by Gasteiger charge is 2.30. The van der Waals surface area contributed by atoms with Crippen LogP contribution in [0.2, 0.25) is 0 Å². The Bertz CT molecular complexity index is 488. The van der Waals surface area contributed by atoms with E-state index in [1.54, 1.807) is 16.8 Å². The number of aryl methyl sites for hydroxylation is 1. The van der Waals surface area contributed by atoms with Gasteiger partial charge in [-0.1, -0.05) is 0 Å². The molecule has 2 fully saturated rings. The summed E-state index contributed by atoms with van der Waals surface area (Å²) in [6.07, 6.45) is 2.82. The molecule has 1 atom stereocenters. The molecule has 0 saturated carbocycles. The maximum absolute atomic E-state index is 11.7. The number of aromatic nitrogens is 2. The van der Waals surface area contributed by atoms with Crippen LogP contribution in [0.5, 0.6) is 0 Å². The molecular formula is C14H21N3O2. The van der Waals surface area contributed by atoms with Crippen LogP contribution in [0.4, 0.5) is 0 Å². The highest BCUT2D eigenvalue weighted by molar-refractivity contribution is 4.97. The number of rotatable bonds is 4. The van der Waals surface area contributed by atoms with Crippen LogP contribution in [0, 0.1) is 12.8 Å². The van der Waals surface area contributed by atoms with Crippen molar-refractivity contribution in [3.05, 3.63) is 28.2 Å². The first kappa shape index (κ1) is 12.8. The summed E-state index contributed by atoms with van der Waals surface area (Å²) in [5.74, 6) is 0.549. The molecule has 0 N–H and O–H groups in total. The second-order valence-electron chi connectivity index (χ2n) is 5.71. The Hall–Kier alpha value is -1.20. The van der Waals surface area contributed by atoms with Gasteiger partial charge in [0.2, 0.25) is 0 Å². The van der Waals surface area contributed by atoms with E-state index in [1.165, 1.54) is 12.8 Å². The van der Waals surface area contributed by atoms with E-state index < -0.39 is 0 Å². The lowest BCUT2D eigenvalue weighted by atomic mass is 9.99. The molecule has 1 aromatic rings. The summed E-state index contributed by atoms with van der Waals surface area (Å²) in [6, 6.07) is 3.37. The van der Waals surface area contributed by atoms with Crippen LogP contribution in [0.3, 0.4) is 0 Å². The third-order valence-corrected chi connectivity index (χ3v) is 3.95. The van der Waals surface area contributed by atoms with Crippen molar-refractivity contribution in [3.63, 3.8) is 0 Å². The van der Waals surface area contributed by atoms with Crippen LogP contribution >= 0.6 is 0 Å². The van der Waals surface area contributed by atoms with Gasteiger partial charge in [0.25, 0.3) is 5.56 Å². The van der Waals surface area contributed by atoms with E-state index >= 15 is 0 Å². The second-order valence-corrected chi connectivity index (χ2v) is 5.71. The predicted octanol–water partition coefficient (Wildman–Crippen LogP) is 0.663. The summed E-state index contributed by atoms with van der Waals surface area (Å²) in [6.45, 7) is 6.74. The Morgan fingerprint density at radius 3 is 2.95 bits per heavy atom. The molecule has 5 nitrogen and oxygen atoms in total. The van der Waals surface area contributed by atoms with E-state index in [1.807, 2.05) is 6.92 Å². The van der Waals surface area contributed by atoms with Gasteiger partial charge in [-0.05, 0) is 25.8 Å². The maximum atomic E-state index is 11.7. The molecule has 0 amide bonds. The summed E-state index contributed by atoms with van der Waals surface area (Å²) in [7, 11) is 0. The Morgan fingerprint density at radius 1 is 1.37 bits per heavy atom. The maximum Gasteiger partial charge on any atom is 0.266 e. The van der Waals surface area contributed by atoms with E-state index in [9.17, 15) is 4.79 Å². The molecule has 2 aliphatic rings. The lowest BCUT2D eigenvalue weighted by Crippen LogP contribution is -2.51. The molecular weight excluding hydrogens is 242 g/mol. The van der Waals surface area contributed by atoms with Gasteiger partial charge in [0.1, 0.15) is 0 Å². The molecule has 2 saturated heterocycles. The zero-order valence-corrected chi connectivity index (χ0v) is 11.4. The first-order chi connectivity index (χ1) is 9.20. The lowest BCUT2D eigenvalue weighted by Gasteiger charge is -2.40. The van der Waals surface area contributed by atoms with Crippen LogP contribution < -0.4 is 5.56 Å². The quantitative estimate of drug-likeness (QED) is 0.801. The number of likely N-dealkylation sites (tertiary alicyclic amines) is 1. The van der Waals surface area contributed by atoms with E-state index in [2.05, 4.69) is 10.00 Å². The molecule has 1 aromatic heterocycles. The van der Waals surface area contributed by atoms with Gasteiger partial charge in [-0.2, -0.15) is 5.10 Å². The molecule has 0 bridgehead atoms. The molecule has 5 heteroatoms. The van der Waals surface area contributed by atoms with Crippen molar-refractivity contribution >= 4 is 0 Å². The monoisotopic (exact) mass is 263 g/mol. The molecule has 0 spiro atoms. The van der Waals surface area contributed by atoms with Crippen LogP contribution in [0.25, 0.3) is 0 Å². The van der Waals surface area contributed by atoms with E-state index in [0.29, 0.717) is 12.0 Å². The Morgan fingerprint density at radius 2 is 2.21 bits per heavy atom. The van der Waals surface area contributed by atoms with Gasteiger partial charge in [0.15, 0.2) is 0 Å². The molecule has 3 heterocycles. The third kappa shape index (κ3) is 3.04. The van der Waals surface area contributed by atoms with Crippen LogP contribution in [0.1, 0.15) is 18.5 Å². The second kappa shape index (κ2) is 5.43. The lowest BCUT2D eigenvalue weighted by molar-refractivity contribution is 0.0177. The number of nitrogens with zero attached hydrogens (tertiary/aromatic N) is 3. The molecule has 0 radical (unpaired) electrons. The van der Waals surface area contributed by atoms with Crippen LogP contribution in [0.15, 0.2) is 16.9 Å². The van der Waals surface area contributed by atoms with E-state index in [4.69, 9.17) is 4.74 Å². The SMILES string of the molecule is Cc1ccc(=O)n(CC2CN(CC3CCCO3)C2)n1. The van der Waals surface area contributed by atoms with Crippen molar-refractivity contribution in [2.24, 2.45) is 5.92 Å². The van der Waals surface area contributed by atoms with Crippen molar-refractivity contribution in [1.82, 2.24) is 14.7 Å². The molecule has 3 rings (SSSR count). The predicted molar refractivity (Wildman–Crippen MR) is 72.1 cm³/mol. The number of ether oxygens (including phenoxy) is 1. The fourth-order valence-electron chi connectivity index (χ4n) is 2.94. The molecule has 1 unspecified atom stereocenters. The average molecular weight is 263 g/mol. The molecule has 0 aliphatic carbocycles. The third-order valence-electron chi connectivity index (χ3n) is 3.95. The van der Waals surface area contributed by atoms with Crippen molar-refractivity contribution in [2.45, 2.75) is 32.4 Å². The fraction of sp³-hybridized carbons (Fsp3) is 0.714. The van der Waals surface area contributed by atoms with E-state index in [0.717, 1.165) is 38.5 Å². The summed E-state index contributed by atoms with van der Waals surface area (Å²) in [5.41, 5.74) is 0.901. The summed E-state index contributed by atoms with van der Waals surface area (Å²) < 4.78 is 7.24. The molecule has 19 heavy (non-hydrogen) atoms.